The Hall–Kier alpha value is -2.63. The number of hydrogen-bond donors (Lipinski definition) is 1. The normalized spacial score (nSPS) is 22.2. The van der Waals surface area contributed by atoms with Crippen molar-refractivity contribution >= 4 is 11.8 Å². The maximum Gasteiger partial charge on any atom is 0.253 e. The molecule has 1 saturated heterocycles. The molecule has 25 heavy (non-hydrogen) atoms. The first-order valence-corrected chi connectivity index (χ1v) is 8.72. The predicted molar refractivity (Wildman–Crippen MR) is 93.0 cm³/mol. The smallest absolute Gasteiger partial charge is 0.253 e. The van der Waals surface area contributed by atoms with E-state index in [4.69, 9.17) is 5.73 Å². The third-order valence-corrected chi connectivity index (χ3v) is 5.47. The van der Waals surface area contributed by atoms with Gasteiger partial charge in [-0.1, -0.05) is 6.07 Å². The van der Waals surface area contributed by atoms with Crippen molar-refractivity contribution in [1.29, 1.82) is 0 Å². The zero-order valence-corrected chi connectivity index (χ0v) is 14.3. The van der Waals surface area contributed by atoms with Crippen molar-refractivity contribution in [3.8, 4) is 0 Å². The summed E-state index contributed by atoms with van der Waals surface area (Å²) in [6, 6.07) is 5.99. The van der Waals surface area contributed by atoms with Gasteiger partial charge in [0.05, 0.1) is 12.1 Å². The molecule has 6 nitrogen and oxygen atoms in total. The van der Waals surface area contributed by atoms with Crippen LogP contribution in [0.4, 0.5) is 0 Å². The van der Waals surface area contributed by atoms with E-state index >= 15 is 0 Å². The van der Waals surface area contributed by atoms with Crippen LogP contribution in [0.25, 0.3) is 0 Å². The van der Waals surface area contributed by atoms with Crippen LogP contribution in [0, 0.1) is 5.92 Å². The number of aromatic nitrogens is 2. The average Bonchev–Trinajstić information content (AvgIpc) is 3.31. The van der Waals surface area contributed by atoms with Crippen LogP contribution in [0.5, 0.6) is 0 Å². The van der Waals surface area contributed by atoms with E-state index in [1.807, 2.05) is 25.4 Å². The zero-order valence-electron chi connectivity index (χ0n) is 14.3. The fourth-order valence-corrected chi connectivity index (χ4v) is 4.11. The van der Waals surface area contributed by atoms with Gasteiger partial charge in [-0.05, 0) is 48.1 Å². The van der Waals surface area contributed by atoms with Gasteiger partial charge in [0.15, 0.2) is 0 Å². The Morgan fingerprint density at radius 1 is 1.20 bits per heavy atom. The molecule has 0 spiro atoms. The summed E-state index contributed by atoms with van der Waals surface area (Å²) in [6.45, 7) is 0.861. The average molecular weight is 338 g/mol. The SMILES string of the molecule is Cn1cc([C@H]2CN(C(=O)c3ccc4c(c3)CCC4)C[C@@H]2C(N)=O)cn1. The summed E-state index contributed by atoms with van der Waals surface area (Å²) in [6.07, 6.45) is 6.94. The number of nitrogens with zero attached hydrogens (tertiary/aromatic N) is 3. The molecule has 6 heteroatoms. The molecule has 1 aliphatic carbocycles. The third kappa shape index (κ3) is 2.81. The number of benzene rings is 1. The highest BCUT2D eigenvalue weighted by Crippen LogP contribution is 2.33. The number of fused-ring (bicyclic) bond motifs is 1. The van der Waals surface area contributed by atoms with Crippen LogP contribution >= 0.6 is 0 Å². The van der Waals surface area contributed by atoms with Crippen molar-refractivity contribution in [3.63, 3.8) is 0 Å². The van der Waals surface area contributed by atoms with Gasteiger partial charge in [-0.3, -0.25) is 14.3 Å². The molecule has 130 valence electrons. The van der Waals surface area contributed by atoms with E-state index in [-0.39, 0.29) is 23.7 Å². The minimum Gasteiger partial charge on any atom is -0.369 e. The fraction of sp³-hybridized carbons (Fsp3) is 0.421. The number of carbonyl (C=O) groups excluding carboxylic acids is 2. The summed E-state index contributed by atoms with van der Waals surface area (Å²) >= 11 is 0. The molecule has 2 aromatic rings. The lowest BCUT2D eigenvalue weighted by Gasteiger charge is -2.17. The molecule has 4 rings (SSSR count). The van der Waals surface area contributed by atoms with E-state index in [0.717, 1.165) is 24.8 Å². The number of likely N-dealkylation sites (tertiary alicyclic amines) is 1. The second kappa shape index (κ2) is 6.02. The van der Waals surface area contributed by atoms with Crippen LogP contribution < -0.4 is 5.73 Å². The molecule has 1 aromatic carbocycles. The van der Waals surface area contributed by atoms with Crippen LogP contribution in [0.15, 0.2) is 30.6 Å². The number of aryl methyl sites for hydroxylation is 3. The summed E-state index contributed by atoms with van der Waals surface area (Å²) in [7, 11) is 1.84. The number of nitrogens with two attached hydrogens (primary N) is 1. The molecular formula is C19H22N4O2. The van der Waals surface area contributed by atoms with Crippen molar-refractivity contribution in [2.75, 3.05) is 13.1 Å². The van der Waals surface area contributed by atoms with Crippen molar-refractivity contribution in [2.24, 2.45) is 18.7 Å². The second-order valence-corrected chi connectivity index (χ2v) is 7.11. The number of carbonyl (C=O) groups is 2. The molecule has 0 unspecified atom stereocenters. The van der Waals surface area contributed by atoms with Crippen LogP contribution in [-0.4, -0.2) is 39.6 Å². The molecule has 2 atom stereocenters. The van der Waals surface area contributed by atoms with Gasteiger partial charge >= 0.3 is 0 Å². The van der Waals surface area contributed by atoms with E-state index in [2.05, 4.69) is 11.2 Å². The Labute approximate surface area is 146 Å². The number of rotatable bonds is 3. The van der Waals surface area contributed by atoms with Gasteiger partial charge in [0.2, 0.25) is 5.91 Å². The second-order valence-electron chi connectivity index (χ2n) is 7.11. The predicted octanol–water partition coefficient (Wildman–Crippen LogP) is 1.25. The number of amides is 2. The summed E-state index contributed by atoms with van der Waals surface area (Å²) in [5.74, 6) is -0.849. The van der Waals surface area contributed by atoms with Crippen molar-refractivity contribution < 1.29 is 9.59 Å². The highest BCUT2D eigenvalue weighted by atomic mass is 16.2. The lowest BCUT2D eigenvalue weighted by atomic mass is 9.90. The van der Waals surface area contributed by atoms with E-state index in [1.54, 1.807) is 15.8 Å². The summed E-state index contributed by atoms with van der Waals surface area (Å²) in [4.78, 5) is 26.6. The van der Waals surface area contributed by atoms with Gasteiger partial charge in [-0.2, -0.15) is 5.10 Å². The Kier molecular flexibility index (Phi) is 3.82. The van der Waals surface area contributed by atoms with E-state index in [9.17, 15) is 9.59 Å². The van der Waals surface area contributed by atoms with Crippen LogP contribution in [0.1, 0.15) is 39.4 Å². The Morgan fingerprint density at radius 3 is 2.72 bits per heavy atom. The largest absolute Gasteiger partial charge is 0.369 e. The highest BCUT2D eigenvalue weighted by Gasteiger charge is 2.40. The van der Waals surface area contributed by atoms with Gasteiger partial charge in [0.1, 0.15) is 0 Å². The van der Waals surface area contributed by atoms with Gasteiger partial charge in [-0.25, -0.2) is 0 Å². The fourth-order valence-electron chi connectivity index (χ4n) is 4.11. The van der Waals surface area contributed by atoms with Gasteiger partial charge in [-0.15, -0.1) is 0 Å². The van der Waals surface area contributed by atoms with Gasteiger partial charge in [0, 0.05) is 37.8 Å². The third-order valence-electron chi connectivity index (χ3n) is 5.47. The quantitative estimate of drug-likeness (QED) is 0.914. The maximum atomic E-state index is 13.0. The van der Waals surface area contributed by atoms with Crippen LogP contribution in [0.2, 0.25) is 0 Å². The minimum absolute atomic E-state index is 0.0210. The molecular weight excluding hydrogens is 316 g/mol. The lowest BCUT2D eigenvalue weighted by molar-refractivity contribution is -0.121. The Bertz CT molecular complexity index is 842. The molecule has 2 aliphatic rings. The summed E-state index contributed by atoms with van der Waals surface area (Å²) in [5, 5.41) is 4.18. The molecule has 1 aliphatic heterocycles. The molecule has 2 N–H and O–H groups in total. The van der Waals surface area contributed by atoms with Crippen LogP contribution in [0.3, 0.4) is 0 Å². The van der Waals surface area contributed by atoms with Crippen LogP contribution in [-0.2, 0) is 24.7 Å². The Balaban J connectivity index is 1.58. The summed E-state index contributed by atoms with van der Waals surface area (Å²) in [5.41, 5.74) is 9.89. The monoisotopic (exact) mass is 338 g/mol. The Morgan fingerprint density at radius 2 is 2.00 bits per heavy atom. The molecule has 0 radical (unpaired) electrons. The summed E-state index contributed by atoms with van der Waals surface area (Å²) < 4.78 is 1.71. The maximum absolute atomic E-state index is 13.0. The van der Waals surface area contributed by atoms with Gasteiger partial charge in [0.25, 0.3) is 5.91 Å². The topological polar surface area (TPSA) is 81.2 Å². The van der Waals surface area contributed by atoms with E-state index in [1.165, 1.54) is 11.1 Å². The molecule has 2 heterocycles. The van der Waals surface area contributed by atoms with E-state index < -0.39 is 0 Å². The standard InChI is InChI=1S/C19H22N4O2/c1-22-9-15(8-21-22)16-10-23(11-17(16)18(20)24)19(25)14-6-5-12-3-2-4-13(12)7-14/h5-9,16-17H,2-4,10-11H2,1H3,(H2,20,24)/t16-,17+/m1/s1. The number of primary amides is 1. The molecule has 2 amide bonds. The molecule has 1 fully saturated rings. The first-order valence-electron chi connectivity index (χ1n) is 8.72. The minimum atomic E-state index is -0.373. The van der Waals surface area contributed by atoms with E-state index in [0.29, 0.717) is 18.7 Å². The highest BCUT2D eigenvalue weighted by molar-refractivity contribution is 5.95. The van der Waals surface area contributed by atoms with Crippen molar-refractivity contribution in [3.05, 3.63) is 52.8 Å². The number of hydrogen-bond acceptors (Lipinski definition) is 3. The lowest BCUT2D eigenvalue weighted by Crippen LogP contribution is -2.32. The zero-order chi connectivity index (χ0) is 17.6. The first kappa shape index (κ1) is 15.9. The molecule has 0 saturated carbocycles. The van der Waals surface area contributed by atoms with Crippen molar-refractivity contribution in [2.45, 2.75) is 25.2 Å². The first-order chi connectivity index (χ1) is 12.0. The molecule has 0 bridgehead atoms. The van der Waals surface area contributed by atoms with Gasteiger partial charge < -0.3 is 10.6 Å². The molecule has 1 aromatic heterocycles. The van der Waals surface area contributed by atoms with Crippen molar-refractivity contribution in [1.82, 2.24) is 14.7 Å².